The molecule has 0 radical (unpaired) electrons. The number of rotatable bonds is 0. The molecule has 0 amide bonds. The fourth-order valence-corrected chi connectivity index (χ4v) is 710. The molecule has 0 unspecified atom stereocenters. The van der Waals surface area contributed by atoms with Crippen molar-refractivity contribution in [2.24, 2.45) is 0 Å². The van der Waals surface area contributed by atoms with Crippen LogP contribution in [0.2, 0.25) is 0 Å². The Hall–Kier alpha value is 3.63. The van der Waals surface area contributed by atoms with Crippen molar-refractivity contribution in [1.82, 2.24) is 0 Å². The van der Waals surface area contributed by atoms with Gasteiger partial charge in [0.25, 0.3) is 0 Å². The van der Waals surface area contributed by atoms with Crippen LogP contribution in [0.4, 0.5) is 0 Å². The average molecular weight is 428 g/mol. The first-order valence-corrected chi connectivity index (χ1v) is 33.6. The Morgan fingerprint density at radius 3 is 0.875 bits per heavy atom. The molecule has 4 rings (SSSR count). The van der Waals surface area contributed by atoms with Gasteiger partial charge in [-0.2, -0.15) is 0 Å². The second kappa shape index (κ2) is 2.56. The summed E-state index contributed by atoms with van der Waals surface area (Å²) in [5.74, 6) is 0. The van der Waals surface area contributed by atoms with Crippen LogP contribution in [-0.2, 0) is 0 Å². The number of hydrogen-bond donors (Lipinski definition) is 0. The van der Waals surface area contributed by atoms with E-state index in [4.69, 9.17) is 0 Å². The molecular weight excluding hydrogens is 428 g/mol. The van der Waals surface area contributed by atoms with E-state index in [1.165, 1.54) is 0 Å². The van der Waals surface area contributed by atoms with Gasteiger partial charge in [-0.05, 0) is 0 Å². The van der Waals surface area contributed by atoms with Crippen molar-refractivity contribution < 1.29 is 0 Å². The predicted molar refractivity (Wildman–Crippen MR) is 53.4 cm³/mol. The summed E-state index contributed by atoms with van der Waals surface area (Å²) in [6.45, 7) is 0. The molecule has 0 aromatic rings. The van der Waals surface area contributed by atoms with Gasteiger partial charge in [-0.15, -0.1) is 0 Å². The van der Waals surface area contributed by atoms with Crippen LogP contribution >= 0.6 is 33.1 Å². The zero-order chi connectivity index (χ0) is 5.14. The standard InChI is InChI=1S/As4S4/c5-1-2-7-3(5)4(6-1)8-2. The molecule has 0 aliphatic carbocycles. The topological polar surface area (TPSA) is 0 Å². The Labute approximate surface area is 72.3 Å². The fourth-order valence-electron chi connectivity index (χ4n) is 0.537. The van der Waals surface area contributed by atoms with Gasteiger partial charge in [0.05, 0.1) is 0 Å². The molecule has 44 valence electrons. The van der Waals surface area contributed by atoms with Crippen LogP contribution in [0, 0.1) is 0 Å². The van der Waals surface area contributed by atoms with E-state index in [0.29, 0.717) is 0 Å². The van der Waals surface area contributed by atoms with Gasteiger partial charge < -0.3 is 0 Å². The molecule has 0 saturated carbocycles. The van der Waals surface area contributed by atoms with Gasteiger partial charge in [0, 0.05) is 0 Å². The van der Waals surface area contributed by atoms with Crippen LogP contribution < -0.4 is 0 Å². The molecule has 4 aliphatic rings. The molecule has 0 spiro atoms. The summed E-state index contributed by atoms with van der Waals surface area (Å²) in [6, 6.07) is 0. The minimum atomic E-state index is -0.0324. The first-order valence-electron chi connectivity index (χ1n) is 1.86. The maximum atomic E-state index is 2.62. The zero-order valence-electron chi connectivity index (χ0n) is 3.42. The monoisotopic (exact) mass is 428 g/mol. The van der Waals surface area contributed by atoms with Gasteiger partial charge >= 0.3 is 74.2 Å². The first-order chi connectivity index (χ1) is 3.93. The Morgan fingerprint density at radius 1 is 0.500 bits per heavy atom. The number of hydrogen-bond acceptors (Lipinski definition) is 4. The van der Waals surface area contributed by atoms with Gasteiger partial charge in [0.15, 0.2) is 0 Å². The van der Waals surface area contributed by atoms with Crippen molar-refractivity contribution in [3.63, 3.8) is 0 Å². The van der Waals surface area contributed by atoms with Crippen molar-refractivity contribution >= 4 is 74.2 Å². The molecule has 0 aromatic heterocycles. The summed E-state index contributed by atoms with van der Waals surface area (Å²) in [5, 5.41) is 0. The van der Waals surface area contributed by atoms with Crippen LogP contribution in [0.15, 0.2) is 0 Å². The minimum absolute atomic E-state index is 0.0324. The summed E-state index contributed by atoms with van der Waals surface area (Å²) >= 11 is 0. The molecule has 0 atom stereocenters. The Bertz CT molecular complexity index is 96.0. The maximum absolute atomic E-state index is 2.62. The molecule has 8 heteroatoms. The average Bonchev–Trinajstić information content (AvgIpc) is 2.21. The second-order valence-electron chi connectivity index (χ2n) is 1.28. The zero-order valence-corrected chi connectivity index (χ0v) is 14.2. The molecular formula is As4S4. The second-order valence-corrected chi connectivity index (χ2v) is 93.3. The van der Waals surface area contributed by atoms with Crippen LogP contribution in [0.1, 0.15) is 0 Å². The van der Waals surface area contributed by atoms with Crippen molar-refractivity contribution in [2.45, 2.75) is 0 Å². The van der Waals surface area contributed by atoms with E-state index in [1.807, 2.05) is 0 Å². The Morgan fingerprint density at radius 2 is 0.750 bits per heavy atom. The molecule has 4 fully saturated rings. The fraction of sp³-hybridized carbons (Fsp3) is 0. The van der Waals surface area contributed by atoms with Crippen molar-refractivity contribution in [2.75, 3.05) is 0 Å². The Balaban J connectivity index is 2.13. The molecule has 0 aromatic carbocycles. The van der Waals surface area contributed by atoms with Gasteiger partial charge in [-0.25, -0.2) is 0 Å². The molecule has 4 aliphatic heterocycles. The van der Waals surface area contributed by atoms with E-state index in [-0.39, 0.29) is 41.1 Å². The third kappa shape index (κ3) is 0.940. The van der Waals surface area contributed by atoms with E-state index in [1.54, 1.807) is 0 Å². The quantitative estimate of drug-likeness (QED) is 0.530. The SMILES string of the molecule is S1[As]2S[As]3S[As]2S[As]13. The van der Waals surface area contributed by atoms with Gasteiger partial charge in [0.1, 0.15) is 0 Å². The van der Waals surface area contributed by atoms with Crippen molar-refractivity contribution in [3.05, 3.63) is 0 Å². The van der Waals surface area contributed by atoms with E-state index in [2.05, 4.69) is 33.1 Å². The molecule has 4 bridgehead atoms. The summed E-state index contributed by atoms with van der Waals surface area (Å²) in [7, 11) is 10.3. The third-order valence-electron chi connectivity index (χ3n) is 0.825. The van der Waals surface area contributed by atoms with Gasteiger partial charge in [-0.3, -0.25) is 0 Å². The predicted octanol–water partition coefficient (Wildman–Crippen LogP) is 1.07. The van der Waals surface area contributed by atoms with Crippen LogP contribution in [0.3, 0.4) is 0 Å². The normalized spacial score (nSPS) is 66.0. The summed E-state index contributed by atoms with van der Waals surface area (Å²) in [4.78, 5) is 0. The van der Waals surface area contributed by atoms with E-state index >= 15 is 0 Å². The van der Waals surface area contributed by atoms with Crippen molar-refractivity contribution in [3.8, 4) is 0 Å². The van der Waals surface area contributed by atoms with Crippen LogP contribution in [0.5, 0.6) is 0 Å². The summed E-state index contributed by atoms with van der Waals surface area (Å²) in [5.41, 5.74) is 0. The van der Waals surface area contributed by atoms with E-state index in [0.717, 1.165) is 0 Å². The molecule has 0 N–H and O–H groups in total. The molecule has 4 saturated heterocycles. The third-order valence-corrected chi connectivity index (χ3v) is 253. The first kappa shape index (κ1) is 7.08. The van der Waals surface area contributed by atoms with Crippen molar-refractivity contribution in [1.29, 1.82) is 0 Å². The molecule has 4 heterocycles. The van der Waals surface area contributed by atoms with Gasteiger partial charge in [-0.1, -0.05) is 0 Å². The van der Waals surface area contributed by atoms with E-state index in [9.17, 15) is 0 Å². The summed E-state index contributed by atoms with van der Waals surface area (Å²) < 4.78 is 0. The van der Waals surface area contributed by atoms with Crippen LogP contribution in [0.25, 0.3) is 0 Å². The van der Waals surface area contributed by atoms with Gasteiger partial charge in [0.2, 0.25) is 0 Å². The Kier molecular flexibility index (Phi) is 2.26. The molecule has 8 heavy (non-hydrogen) atoms. The van der Waals surface area contributed by atoms with Crippen LogP contribution in [-0.4, -0.2) is 41.1 Å². The molecule has 0 nitrogen and oxygen atoms in total. The summed E-state index contributed by atoms with van der Waals surface area (Å²) in [6.07, 6.45) is 0. The van der Waals surface area contributed by atoms with E-state index < -0.39 is 0 Å².